The van der Waals surface area contributed by atoms with Gasteiger partial charge in [-0.1, -0.05) is 28.1 Å². The lowest BCUT2D eigenvalue weighted by molar-refractivity contribution is -0.142. The molecule has 7 heteroatoms. The van der Waals surface area contributed by atoms with E-state index in [4.69, 9.17) is 4.74 Å². The third-order valence-corrected chi connectivity index (χ3v) is 7.27. The van der Waals surface area contributed by atoms with Crippen LogP contribution in [-0.4, -0.2) is 49.1 Å². The summed E-state index contributed by atoms with van der Waals surface area (Å²) in [5.74, 6) is 0.178. The van der Waals surface area contributed by atoms with E-state index in [2.05, 4.69) is 33.4 Å². The minimum atomic E-state index is -0.508. The van der Waals surface area contributed by atoms with Gasteiger partial charge in [-0.3, -0.25) is 9.59 Å². The molecule has 2 aromatic rings. The molecule has 2 fully saturated rings. The number of piperidine rings is 1. The number of rotatable bonds is 4. The number of hydrogen-bond acceptors (Lipinski definition) is 4. The van der Waals surface area contributed by atoms with Crippen LogP contribution in [0.1, 0.15) is 41.6 Å². The van der Waals surface area contributed by atoms with E-state index in [1.54, 1.807) is 0 Å². The summed E-state index contributed by atoms with van der Waals surface area (Å²) in [4.78, 5) is 27.9. The largest absolute Gasteiger partial charge is 0.381 e. The number of carbonyl (C=O) groups is 2. The highest BCUT2D eigenvalue weighted by atomic mass is 79.9. The molecule has 5 nitrogen and oxygen atoms in total. The molecule has 0 radical (unpaired) electrons. The quantitative estimate of drug-likeness (QED) is 0.725. The average Bonchev–Trinajstić information content (AvgIpc) is 3.30. The zero-order chi connectivity index (χ0) is 20.3. The van der Waals surface area contributed by atoms with Gasteiger partial charge in [-0.2, -0.15) is 11.3 Å². The van der Waals surface area contributed by atoms with Gasteiger partial charge in [-0.15, -0.1) is 0 Å². The SMILES string of the molecule is O=C(NC1CCN(C(=O)C2(c3ccc(Br)cc3)CCOCC2)CC1)c1ccsc1. The molecular formula is C22H25BrN2O3S. The maximum atomic E-state index is 13.6. The molecule has 0 spiro atoms. The van der Waals surface area contributed by atoms with Crippen LogP contribution >= 0.6 is 27.3 Å². The summed E-state index contributed by atoms with van der Waals surface area (Å²) in [7, 11) is 0. The Labute approximate surface area is 183 Å². The van der Waals surface area contributed by atoms with Crippen LogP contribution in [-0.2, 0) is 14.9 Å². The van der Waals surface area contributed by atoms with Crippen LogP contribution in [0.3, 0.4) is 0 Å². The van der Waals surface area contributed by atoms with Gasteiger partial charge >= 0.3 is 0 Å². The van der Waals surface area contributed by atoms with Crippen LogP contribution in [0.25, 0.3) is 0 Å². The number of nitrogens with one attached hydrogen (secondary N) is 1. The standard InChI is InChI=1S/C22H25BrN2O3S/c23-18-3-1-17(2-4-18)22(8-12-28-13-9-22)21(27)25-10-5-19(6-11-25)24-20(26)16-7-14-29-15-16/h1-4,7,14-15,19H,5-6,8-13H2,(H,24,26). The smallest absolute Gasteiger partial charge is 0.252 e. The van der Waals surface area contributed by atoms with Gasteiger partial charge in [-0.25, -0.2) is 0 Å². The van der Waals surface area contributed by atoms with Gasteiger partial charge in [0, 0.05) is 47.8 Å². The molecule has 3 heterocycles. The second kappa shape index (κ2) is 8.98. The molecule has 2 aliphatic heterocycles. The van der Waals surface area contributed by atoms with Crippen LogP contribution in [0.2, 0.25) is 0 Å². The highest BCUT2D eigenvalue weighted by Crippen LogP contribution is 2.38. The third-order valence-electron chi connectivity index (χ3n) is 6.05. The first-order valence-corrected chi connectivity index (χ1v) is 11.8. The molecule has 0 saturated carbocycles. The second-order valence-corrected chi connectivity index (χ2v) is 9.45. The van der Waals surface area contributed by atoms with Gasteiger partial charge in [-0.05, 0) is 54.8 Å². The van der Waals surface area contributed by atoms with Crippen LogP contribution in [0.4, 0.5) is 0 Å². The van der Waals surface area contributed by atoms with Gasteiger partial charge in [0.25, 0.3) is 5.91 Å². The predicted molar refractivity (Wildman–Crippen MR) is 117 cm³/mol. The van der Waals surface area contributed by atoms with Crippen molar-refractivity contribution >= 4 is 39.1 Å². The molecular weight excluding hydrogens is 452 g/mol. The van der Waals surface area contributed by atoms with Crippen molar-refractivity contribution in [2.24, 2.45) is 0 Å². The number of halogens is 1. The van der Waals surface area contributed by atoms with Crippen molar-refractivity contribution in [1.82, 2.24) is 10.2 Å². The predicted octanol–water partition coefficient (Wildman–Crippen LogP) is 3.98. The van der Waals surface area contributed by atoms with E-state index in [1.165, 1.54) is 11.3 Å². The summed E-state index contributed by atoms with van der Waals surface area (Å²) >= 11 is 5.01. The number of likely N-dealkylation sites (tertiary alicyclic amines) is 1. The normalized spacial score (nSPS) is 19.7. The minimum absolute atomic E-state index is 0.0215. The monoisotopic (exact) mass is 476 g/mol. The number of hydrogen-bond donors (Lipinski definition) is 1. The van der Waals surface area contributed by atoms with Gasteiger partial charge in [0.1, 0.15) is 0 Å². The maximum Gasteiger partial charge on any atom is 0.252 e. The first kappa shape index (κ1) is 20.6. The molecule has 2 aliphatic rings. The number of carbonyl (C=O) groups excluding carboxylic acids is 2. The highest BCUT2D eigenvalue weighted by Gasteiger charge is 2.44. The average molecular weight is 477 g/mol. The molecule has 2 saturated heterocycles. The number of thiophene rings is 1. The number of benzene rings is 1. The number of ether oxygens (including phenoxy) is 1. The molecule has 0 aliphatic carbocycles. The lowest BCUT2D eigenvalue weighted by atomic mass is 9.72. The summed E-state index contributed by atoms with van der Waals surface area (Å²) in [5, 5.41) is 6.88. The van der Waals surface area contributed by atoms with Gasteiger partial charge in [0.2, 0.25) is 5.91 Å². The Balaban J connectivity index is 1.43. The first-order chi connectivity index (χ1) is 14.1. The zero-order valence-corrected chi connectivity index (χ0v) is 18.6. The van der Waals surface area contributed by atoms with Gasteiger partial charge in [0.15, 0.2) is 0 Å². The van der Waals surface area contributed by atoms with E-state index in [-0.39, 0.29) is 17.9 Å². The molecule has 2 amide bonds. The highest BCUT2D eigenvalue weighted by molar-refractivity contribution is 9.10. The molecule has 0 bridgehead atoms. The fraction of sp³-hybridized carbons (Fsp3) is 0.455. The van der Waals surface area contributed by atoms with Crippen molar-refractivity contribution in [1.29, 1.82) is 0 Å². The second-order valence-electron chi connectivity index (χ2n) is 7.75. The van der Waals surface area contributed by atoms with Gasteiger partial charge < -0.3 is 15.0 Å². The number of amides is 2. The van der Waals surface area contributed by atoms with Crippen molar-refractivity contribution in [2.75, 3.05) is 26.3 Å². The Morgan fingerprint density at radius 1 is 1.10 bits per heavy atom. The Kier molecular flexibility index (Phi) is 6.37. The fourth-order valence-electron chi connectivity index (χ4n) is 4.31. The molecule has 1 N–H and O–H groups in total. The summed E-state index contributed by atoms with van der Waals surface area (Å²) in [6.45, 7) is 2.56. The van der Waals surface area contributed by atoms with E-state index in [1.807, 2.05) is 33.9 Å². The molecule has 154 valence electrons. The Hall–Kier alpha value is -1.70. The topological polar surface area (TPSA) is 58.6 Å². The van der Waals surface area contributed by atoms with E-state index < -0.39 is 5.41 Å². The van der Waals surface area contributed by atoms with Crippen molar-refractivity contribution in [3.8, 4) is 0 Å². The summed E-state index contributed by atoms with van der Waals surface area (Å²) in [6.07, 6.45) is 2.99. The molecule has 0 unspecified atom stereocenters. The zero-order valence-electron chi connectivity index (χ0n) is 16.2. The Morgan fingerprint density at radius 3 is 2.41 bits per heavy atom. The van der Waals surface area contributed by atoms with Crippen molar-refractivity contribution in [2.45, 2.75) is 37.1 Å². The summed E-state index contributed by atoms with van der Waals surface area (Å²) < 4.78 is 6.59. The molecule has 1 aromatic heterocycles. The molecule has 4 rings (SSSR count). The molecule has 29 heavy (non-hydrogen) atoms. The lowest BCUT2D eigenvalue weighted by Gasteiger charge is -2.42. The maximum absolute atomic E-state index is 13.6. The third kappa shape index (κ3) is 4.42. The van der Waals surface area contributed by atoms with E-state index in [9.17, 15) is 9.59 Å². The van der Waals surface area contributed by atoms with Crippen molar-refractivity contribution in [3.63, 3.8) is 0 Å². The Morgan fingerprint density at radius 2 is 1.79 bits per heavy atom. The van der Waals surface area contributed by atoms with Crippen molar-refractivity contribution in [3.05, 3.63) is 56.7 Å². The minimum Gasteiger partial charge on any atom is -0.381 e. The lowest BCUT2D eigenvalue weighted by Crippen LogP contribution is -2.54. The summed E-state index contributed by atoms with van der Waals surface area (Å²) in [5.41, 5.74) is 1.28. The van der Waals surface area contributed by atoms with Crippen LogP contribution in [0, 0.1) is 0 Å². The van der Waals surface area contributed by atoms with E-state index >= 15 is 0 Å². The first-order valence-electron chi connectivity index (χ1n) is 10.0. The Bertz CT molecular complexity index is 839. The van der Waals surface area contributed by atoms with Gasteiger partial charge in [0.05, 0.1) is 5.41 Å². The van der Waals surface area contributed by atoms with Crippen LogP contribution in [0.15, 0.2) is 45.6 Å². The van der Waals surface area contributed by atoms with E-state index in [0.717, 1.165) is 22.9 Å². The fourth-order valence-corrected chi connectivity index (χ4v) is 5.21. The number of nitrogens with zero attached hydrogens (tertiary/aromatic N) is 1. The van der Waals surface area contributed by atoms with Crippen LogP contribution in [0.5, 0.6) is 0 Å². The molecule has 1 aromatic carbocycles. The molecule has 0 atom stereocenters. The van der Waals surface area contributed by atoms with Crippen molar-refractivity contribution < 1.29 is 14.3 Å². The van der Waals surface area contributed by atoms with E-state index in [0.29, 0.717) is 44.7 Å². The van der Waals surface area contributed by atoms with Crippen LogP contribution < -0.4 is 5.32 Å². The summed E-state index contributed by atoms with van der Waals surface area (Å²) in [6, 6.07) is 10.1.